The fourth-order valence-electron chi connectivity index (χ4n) is 4.18. The van der Waals surface area contributed by atoms with Gasteiger partial charge in [-0.15, -0.1) is 0 Å². The Labute approximate surface area is 195 Å². The highest BCUT2D eigenvalue weighted by molar-refractivity contribution is 6.32. The van der Waals surface area contributed by atoms with Crippen LogP contribution in [-0.2, 0) is 7.05 Å². The summed E-state index contributed by atoms with van der Waals surface area (Å²) in [5.41, 5.74) is 7.03. The minimum Gasteiger partial charge on any atom is -0.495 e. The lowest BCUT2D eigenvalue weighted by Gasteiger charge is -2.30. The molecule has 33 heavy (non-hydrogen) atoms. The molecule has 0 spiro atoms. The van der Waals surface area contributed by atoms with E-state index in [1.54, 1.807) is 13.2 Å². The van der Waals surface area contributed by atoms with Gasteiger partial charge in [0.15, 0.2) is 0 Å². The summed E-state index contributed by atoms with van der Waals surface area (Å²) in [4.78, 5) is 7.12. The minimum absolute atomic E-state index is 0.189. The summed E-state index contributed by atoms with van der Waals surface area (Å²) in [6, 6.07) is 19.9. The van der Waals surface area contributed by atoms with E-state index in [-0.39, 0.29) is 6.04 Å². The molecule has 1 heterocycles. The van der Waals surface area contributed by atoms with Crippen LogP contribution in [0.15, 0.2) is 54.6 Å². The molecule has 7 heteroatoms. The first-order valence-corrected chi connectivity index (χ1v) is 10.8. The highest BCUT2D eigenvalue weighted by Crippen LogP contribution is 2.37. The molecule has 0 aliphatic heterocycles. The third kappa shape index (κ3) is 4.12. The van der Waals surface area contributed by atoms with Crippen LogP contribution in [0.5, 0.6) is 5.75 Å². The van der Waals surface area contributed by atoms with E-state index in [1.165, 1.54) is 0 Å². The predicted molar refractivity (Wildman–Crippen MR) is 136 cm³/mol. The summed E-state index contributed by atoms with van der Waals surface area (Å²) in [7, 11) is 9.62. The molecule has 1 aromatic heterocycles. The number of methoxy groups -OCH3 is 1. The fourth-order valence-corrected chi connectivity index (χ4v) is 4.18. The van der Waals surface area contributed by atoms with E-state index in [4.69, 9.17) is 22.8 Å². The fraction of sp³-hybridized carbons (Fsp3) is 0.231. The van der Waals surface area contributed by atoms with Gasteiger partial charge in [0.1, 0.15) is 13.6 Å². The highest BCUT2D eigenvalue weighted by atomic mass is 16.5. The Kier molecular flexibility index (Phi) is 6.02. The third-order valence-corrected chi connectivity index (χ3v) is 5.70. The second-order valence-electron chi connectivity index (χ2n) is 8.30. The van der Waals surface area contributed by atoms with Gasteiger partial charge in [0.25, 0.3) is 0 Å². The summed E-state index contributed by atoms with van der Waals surface area (Å²) in [5.74, 6) is 1.37. The molecule has 0 fully saturated rings. The standard InChI is InChI=1S/C26H26BN5O/c1-16(2)32(20-11-9-18(15-28)10-12-20)22-8-6-7-21-25(22)31(4)26(29-21)30-24-17(3)13-19(27)14-23(24)33-5/h6-14,16H,1-5H3,(H,29,30). The lowest BCUT2D eigenvalue weighted by atomic mass is 9.93. The summed E-state index contributed by atoms with van der Waals surface area (Å²) >= 11 is 0. The zero-order chi connectivity index (χ0) is 23.7. The van der Waals surface area contributed by atoms with Crippen molar-refractivity contribution < 1.29 is 4.74 Å². The number of imidazole rings is 1. The van der Waals surface area contributed by atoms with Crippen molar-refractivity contribution in [2.45, 2.75) is 26.8 Å². The van der Waals surface area contributed by atoms with Gasteiger partial charge in [-0.1, -0.05) is 17.6 Å². The van der Waals surface area contributed by atoms with Gasteiger partial charge < -0.3 is 19.5 Å². The number of fused-ring (bicyclic) bond motifs is 1. The SMILES string of the molecule is [B]c1cc(C)c(Nc2nc3cccc(N(c4ccc(C#N)cc4)C(C)C)c3n2C)c(OC)c1. The maximum atomic E-state index is 9.17. The molecule has 0 atom stereocenters. The Morgan fingerprint density at radius 1 is 1.15 bits per heavy atom. The number of nitriles is 1. The van der Waals surface area contributed by atoms with Gasteiger partial charge >= 0.3 is 0 Å². The quantitative estimate of drug-likeness (QED) is 0.439. The van der Waals surface area contributed by atoms with Crippen LogP contribution >= 0.6 is 0 Å². The van der Waals surface area contributed by atoms with Crippen molar-refractivity contribution in [3.63, 3.8) is 0 Å². The van der Waals surface area contributed by atoms with Crippen molar-refractivity contribution >= 4 is 47.4 Å². The minimum atomic E-state index is 0.189. The molecular formula is C26H26BN5O. The summed E-state index contributed by atoms with van der Waals surface area (Å²) in [6.07, 6.45) is 0. The molecule has 0 saturated heterocycles. The largest absolute Gasteiger partial charge is 0.495 e. The maximum Gasteiger partial charge on any atom is 0.208 e. The van der Waals surface area contributed by atoms with Gasteiger partial charge in [0, 0.05) is 18.8 Å². The number of benzene rings is 3. The van der Waals surface area contributed by atoms with Crippen LogP contribution in [0.2, 0.25) is 0 Å². The Bertz CT molecular complexity index is 1350. The summed E-state index contributed by atoms with van der Waals surface area (Å²) < 4.78 is 7.61. The Morgan fingerprint density at radius 3 is 2.52 bits per heavy atom. The first-order valence-electron chi connectivity index (χ1n) is 10.8. The Hall–Kier alpha value is -3.92. The molecule has 4 aromatic rings. The predicted octanol–water partition coefficient (Wildman–Crippen LogP) is 4.85. The topological polar surface area (TPSA) is 66.1 Å². The molecule has 0 aliphatic rings. The molecule has 0 aliphatic carbocycles. The lowest BCUT2D eigenvalue weighted by Crippen LogP contribution is -2.26. The zero-order valence-electron chi connectivity index (χ0n) is 19.5. The molecule has 164 valence electrons. The number of hydrogen-bond acceptors (Lipinski definition) is 5. The van der Waals surface area contributed by atoms with Crippen molar-refractivity contribution in [3.8, 4) is 11.8 Å². The van der Waals surface area contributed by atoms with E-state index in [0.29, 0.717) is 22.7 Å². The van der Waals surface area contributed by atoms with Gasteiger partial charge in [-0.25, -0.2) is 4.98 Å². The summed E-state index contributed by atoms with van der Waals surface area (Å²) in [5, 5.41) is 12.6. The van der Waals surface area contributed by atoms with E-state index >= 15 is 0 Å². The van der Waals surface area contributed by atoms with Crippen LogP contribution in [0.4, 0.5) is 23.0 Å². The van der Waals surface area contributed by atoms with Gasteiger partial charge in [-0.2, -0.15) is 5.26 Å². The average Bonchev–Trinajstić information content (AvgIpc) is 3.11. The summed E-state index contributed by atoms with van der Waals surface area (Å²) in [6.45, 7) is 6.28. The van der Waals surface area contributed by atoms with Crippen molar-refractivity contribution in [3.05, 3.63) is 65.7 Å². The second kappa shape index (κ2) is 8.91. The molecule has 3 aromatic carbocycles. The van der Waals surface area contributed by atoms with E-state index in [2.05, 4.69) is 40.8 Å². The molecule has 4 rings (SSSR count). The number of nitrogens with zero attached hydrogens (tertiary/aromatic N) is 4. The zero-order valence-corrected chi connectivity index (χ0v) is 19.5. The van der Waals surface area contributed by atoms with Crippen LogP contribution in [0.3, 0.4) is 0 Å². The third-order valence-electron chi connectivity index (χ3n) is 5.70. The van der Waals surface area contributed by atoms with Crippen molar-refractivity contribution in [2.75, 3.05) is 17.3 Å². The van der Waals surface area contributed by atoms with E-state index in [1.807, 2.05) is 56.4 Å². The van der Waals surface area contributed by atoms with Gasteiger partial charge in [0.05, 0.1) is 41.2 Å². The molecular weight excluding hydrogens is 409 g/mol. The van der Waals surface area contributed by atoms with Crippen molar-refractivity contribution in [1.29, 1.82) is 5.26 Å². The number of nitrogens with one attached hydrogen (secondary N) is 1. The first-order chi connectivity index (χ1) is 15.8. The van der Waals surface area contributed by atoms with Crippen molar-refractivity contribution in [1.82, 2.24) is 9.55 Å². The molecule has 0 bridgehead atoms. The molecule has 6 nitrogen and oxygen atoms in total. The molecule has 0 unspecified atom stereocenters. The Morgan fingerprint density at radius 2 is 1.88 bits per heavy atom. The van der Waals surface area contributed by atoms with Crippen LogP contribution in [-0.4, -0.2) is 30.5 Å². The van der Waals surface area contributed by atoms with Gasteiger partial charge in [0.2, 0.25) is 5.95 Å². The number of ether oxygens (including phenoxy) is 1. The second-order valence-corrected chi connectivity index (χ2v) is 8.30. The van der Waals surface area contributed by atoms with Crippen LogP contribution in [0.1, 0.15) is 25.0 Å². The number of aromatic nitrogens is 2. The Balaban J connectivity index is 1.83. The number of aryl methyl sites for hydroxylation is 2. The smallest absolute Gasteiger partial charge is 0.208 e. The van der Waals surface area contributed by atoms with Gasteiger partial charge in [-0.3, -0.25) is 0 Å². The van der Waals surface area contributed by atoms with E-state index in [0.717, 1.165) is 33.7 Å². The highest BCUT2D eigenvalue weighted by Gasteiger charge is 2.20. The average molecular weight is 435 g/mol. The normalized spacial score (nSPS) is 10.9. The number of rotatable bonds is 6. The number of para-hydroxylation sites is 1. The molecule has 0 saturated carbocycles. The van der Waals surface area contributed by atoms with Crippen LogP contribution < -0.4 is 20.4 Å². The molecule has 2 radical (unpaired) electrons. The van der Waals surface area contributed by atoms with Gasteiger partial charge in [-0.05, 0) is 68.8 Å². The van der Waals surface area contributed by atoms with Crippen LogP contribution in [0.25, 0.3) is 11.0 Å². The molecule has 0 amide bonds. The lowest BCUT2D eigenvalue weighted by molar-refractivity contribution is 0.417. The monoisotopic (exact) mass is 435 g/mol. The number of hydrogen-bond donors (Lipinski definition) is 1. The van der Waals surface area contributed by atoms with E-state index in [9.17, 15) is 0 Å². The van der Waals surface area contributed by atoms with E-state index < -0.39 is 0 Å². The molecule has 1 N–H and O–H groups in total. The maximum absolute atomic E-state index is 9.17. The number of anilines is 4. The van der Waals surface area contributed by atoms with Crippen LogP contribution in [0, 0.1) is 18.3 Å². The van der Waals surface area contributed by atoms with Crippen molar-refractivity contribution in [2.24, 2.45) is 7.05 Å². The first kappa shape index (κ1) is 22.3.